The molecule has 1 unspecified atom stereocenters. The Balaban J connectivity index is 1.62. The topological polar surface area (TPSA) is 54.9 Å². The third-order valence-electron chi connectivity index (χ3n) is 4.42. The number of aryl methyl sites for hydroxylation is 3. The summed E-state index contributed by atoms with van der Waals surface area (Å²) in [5.74, 6) is 1.44. The molecule has 2 heterocycles. The molecule has 0 aliphatic rings. The third kappa shape index (κ3) is 4.24. The average molecular weight is 386 g/mol. The minimum atomic E-state index is 0.0341. The van der Waals surface area contributed by atoms with Crippen molar-refractivity contribution < 1.29 is 4.79 Å². The van der Waals surface area contributed by atoms with Crippen molar-refractivity contribution in [1.82, 2.24) is 15.3 Å². The van der Waals surface area contributed by atoms with Crippen molar-refractivity contribution in [2.24, 2.45) is 0 Å². The Hall–Kier alpha value is -1.92. The molecule has 136 valence electrons. The molecule has 6 heteroatoms. The molecule has 0 spiro atoms. The average Bonchev–Trinajstić information content (AvgIpc) is 2.92. The molecule has 1 N–H and O–H groups in total. The number of carbonyl (C=O) groups is 1. The monoisotopic (exact) mass is 385 g/mol. The van der Waals surface area contributed by atoms with Crippen molar-refractivity contribution in [2.45, 2.75) is 38.6 Å². The minimum Gasteiger partial charge on any atom is -0.355 e. The Morgan fingerprint density at radius 3 is 2.65 bits per heavy atom. The summed E-state index contributed by atoms with van der Waals surface area (Å²) < 4.78 is 0. The number of hydrogen-bond donors (Lipinski definition) is 1. The second-order valence-electron chi connectivity index (χ2n) is 6.44. The summed E-state index contributed by atoms with van der Waals surface area (Å²) in [6.07, 6.45) is 0. The molecule has 26 heavy (non-hydrogen) atoms. The maximum absolute atomic E-state index is 12.3. The molecule has 0 saturated carbocycles. The predicted molar refractivity (Wildman–Crippen MR) is 110 cm³/mol. The van der Waals surface area contributed by atoms with E-state index in [2.05, 4.69) is 48.2 Å². The van der Waals surface area contributed by atoms with Crippen LogP contribution in [0.3, 0.4) is 0 Å². The van der Waals surface area contributed by atoms with Gasteiger partial charge in [-0.05, 0) is 37.8 Å². The van der Waals surface area contributed by atoms with Gasteiger partial charge in [0.05, 0.1) is 5.75 Å². The van der Waals surface area contributed by atoms with Crippen molar-refractivity contribution >= 4 is 39.2 Å². The van der Waals surface area contributed by atoms with Crippen LogP contribution in [0, 0.1) is 20.8 Å². The molecule has 4 nitrogen and oxygen atoms in total. The summed E-state index contributed by atoms with van der Waals surface area (Å²) in [5, 5.41) is 5.03. The van der Waals surface area contributed by atoms with E-state index in [0.717, 1.165) is 21.1 Å². The number of benzene rings is 1. The molecule has 0 saturated heterocycles. The number of amides is 1. The molecular formula is C20H23N3OS2. The first kappa shape index (κ1) is 18.9. The molecule has 3 rings (SSSR count). The first-order valence-electron chi connectivity index (χ1n) is 8.64. The van der Waals surface area contributed by atoms with Crippen LogP contribution < -0.4 is 5.32 Å². The number of thiophene rings is 1. The number of hydrogen-bond acceptors (Lipinski definition) is 5. The van der Waals surface area contributed by atoms with Gasteiger partial charge in [-0.1, -0.05) is 49.0 Å². The Morgan fingerprint density at radius 2 is 1.92 bits per heavy atom. The van der Waals surface area contributed by atoms with Crippen LogP contribution >= 0.6 is 23.1 Å². The van der Waals surface area contributed by atoms with Crippen molar-refractivity contribution in [3.05, 3.63) is 52.2 Å². The molecule has 0 aliphatic heterocycles. The molecule has 2 aromatic heterocycles. The number of nitrogens with one attached hydrogen (secondary N) is 1. The maximum Gasteiger partial charge on any atom is 0.230 e. The SMILES string of the molecule is Cc1nc(SCC(=O)NCC(C)c2ccccc2)c2c(C)c(C)sc2n1. The Morgan fingerprint density at radius 1 is 1.19 bits per heavy atom. The van der Waals surface area contributed by atoms with E-state index in [-0.39, 0.29) is 5.91 Å². The number of fused-ring (bicyclic) bond motifs is 1. The Kier molecular flexibility index (Phi) is 5.94. The van der Waals surface area contributed by atoms with Crippen molar-refractivity contribution in [3.63, 3.8) is 0 Å². The van der Waals surface area contributed by atoms with Crippen LogP contribution in [0.1, 0.15) is 34.7 Å². The first-order valence-corrected chi connectivity index (χ1v) is 10.4. The number of carbonyl (C=O) groups excluding carboxylic acids is 1. The molecule has 0 radical (unpaired) electrons. The third-order valence-corrected chi connectivity index (χ3v) is 6.50. The van der Waals surface area contributed by atoms with Crippen LogP contribution in [0.2, 0.25) is 0 Å². The van der Waals surface area contributed by atoms with Crippen LogP contribution in [0.15, 0.2) is 35.4 Å². The number of thioether (sulfide) groups is 1. The fourth-order valence-corrected chi connectivity index (χ4v) is 4.87. The second-order valence-corrected chi connectivity index (χ2v) is 8.61. The zero-order valence-electron chi connectivity index (χ0n) is 15.5. The minimum absolute atomic E-state index is 0.0341. The lowest BCUT2D eigenvalue weighted by Gasteiger charge is -2.13. The van der Waals surface area contributed by atoms with E-state index in [1.807, 2.05) is 25.1 Å². The molecule has 0 fully saturated rings. The highest BCUT2D eigenvalue weighted by atomic mass is 32.2. The van der Waals surface area contributed by atoms with Crippen molar-refractivity contribution in [3.8, 4) is 0 Å². The van der Waals surface area contributed by atoms with Gasteiger partial charge in [-0.25, -0.2) is 9.97 Å². The molecule has 0 bridgehead atoms. The summed E-state index contributed by atoms with van der Waals surface area (Å²) in [6, 6.07) is 10.2. The van der Waals surface area contributed by atoms with Crippen molar-refractivity contribution in [2.75, 3.05) is 12.3 Å². The van der Waals surface area contributed by atoms with E-state index in [1.165, 1.54) is 27.8 Å². The summed E-state index contributed by atoms with van der Waals surface area (Å²) in [5.41, 5.74) is 2.45. The standard InChI is InChI=1S/C20H23N3OS2/c1-12(16-8-6-5-7-9-16)10-21-17(24)11-25-19-18-13(2)14(3)26-20(18)23-15(4)22-19/h5-9,12H,10-11H2,1-4H3,(H,21,24). The van der Waals surface area contributed by atoms with E-state index < -0.39 is 0 Å². The molecular weight excluding hydrogens is 362 g/mol. The fourth-order valence-electron chi connectivity index (χ4n) is 2.77. The number of nitrogens with zero attached hydrogens (tertiary/aromatic N) is 2. The van der Waals surface area contributed by atoms with Gasteiger partial charge < -0.3 is 5.32 Å². The Bertz CT molecular complexity index is 922. The van der Waals surface area contributed by atoms with E-state index in [1.54, 1.807) is 11.3 Å². The van der Waals surface area contributed by atoms with Gasteiger partial charge in [-0.3, -0.25) is 4.79 Å². The van der Waals surface area contributed by atoms with Gasteiger partial charge in [0.25, 0.3) is 0 Å². The lowest BCUT2D eigenvalue weighted by molar-refractivity contribution is -0.118. The van der Waals surface area contributed by atoms with Crippen LogP contribution in [0.4, 0.5) is 0 Å². The normalized spacial score (nSPS) is 12.3. The highest BCUT2D eigenvalue weighted by molar-refractivity contribution is 8.00. The van der Waals surface area contributed by atoms with Gasteiger partial charge in [-0.15, -0.1) is 11.3 Å². The van der Waals surface area contributed by atoms with Crippen LogP contribution in [0.25, 0.3) is 10.2 Å². The number of rotatable bonds is 6. The lowest BCUT2D eigenvalue weighted by atomic mass is 10.0. The van der Waals surface area contributed by atoms with Crippen LogP contribution in [-0.4, -0.2) is 28.2 Å². The van der Waals surface area contributed by atoms with Crippen molar-refractivity contribution in [1.29, 1.82) is 0 Å². The van der Waals surface area contributed by atoms with Gasteiger partial charge >= 0.3 is 0 Å². The largest absolute Gasteiger partial charge is 0.355 e. The summed E-state index contributed by atoms with van der Waals surface area (Å²) in [6.45, 7) is 8.85. The van der Waals surface area contributed by atoms with E-state index >= 15 is 0 Å². The first-order chi connectivity index (χ1) is 12.5. The molecule has 3 aromatic rings. The Labute approximate surface area is 162 Å². The van der Waals surface area contributed by atoms with Gasteiger partial charge in [0.1, 0.15) is 15.7 Å². The lowest BCUT2D eigenvalue weighted by Crippen LogP contribution is -2.29. The van der Waals surface area contributed by atoms with Gasteiger partial charge in [0, 0.05) is 16.8 Å². The molecule has 1 amide bonds. The fraction of sp³-hybridized carbons (Fsp3) is 0.350. The summed E-state index contributed by atoms with van der Waals surface area (Å²) in [4.78, 5) is 23.7. The van der Waals surface area contributed by atoms with Crippen LogP contribution in [-0.2, 0) is 4.79 Å². The highest BCUT2D eigenvalue weighted by Crippen LogP contribution is 2.34. The van der Waals surface area contributed by atoms with Crippen LogP contribution in [0.5, 0.6) is 0 Å². The quantitative estimate of drug-likeness (QED) is 0.496. The van der Waals surface area contributed by atoms with Gasteiger partial charge in [-0.2, -0.15) is 0 Å². The molecule has 0 aliphatic carbocycles. The predicted octanol–water partition coefficient (Wildman–Crippen LogP) is 4.63. The second kappa shape index (κ2) is 8.18. The summed E-state index contributed by atoms with van der Waals surface area (Å²) >= 11 is 3.18. The number of aromatic nitrogens is 2. The smallest absolute Gasteiger partial charge is 0.230 e. The zero-order valence-corrected chi connectivity index (χ0v) is 17.1. The maximum atomic E-state index is 12.3. The van der Waals surface area contributed by atoms with Gasteiger partial charge in [0.2, 0.25) is 5.91 Å². The molecule has 1 atom stereocenters. The van der Waals surface area contributed by atoms with E-state index in [4.69, 9.17) is 0 Å². The zero-order chi connectivity index (χ0) is 18.7. The molecule has 1 aromatic carbocycles. The van der Waals surface area contributed by atoms with E-state index in [9.17, 15) is 4.79 Å². The van der Waals surface area contributed by atoms with Gasteiger partial charge in [0.15, 0.2) is 0 Å². The van der Waals surface area contributed by atoms with E-state index in [0.29, 0.717) is 18.2 Å². The summed E-state index contributed by atoms with van der Waals surface area (Å²) in [7, 11) is 0. The highest BCUT2D eigenvalue weighted by Gasteiger charge is 2.15.